The number of hydrogen-bond acceptors (Lipinski definition) is 4. The van der Waals surface area contributed by atoms with Gasteiger partial charge in [0.25, 0.3) is 5.56 Å². The first kappa shape index (κ1) is 18.3. The van der Waals surface area contributed by atoms with Crippen molar-refractivity contribution in [3.8, 4) is 5.75 Å². The molecule has 1 N–H and O–H groups in total. The van der Waals surface area contributed by atoms with Crippen LogP contribution in [-0.4, -0.2) is 27.5 Å². The van der Waals surface area contributed by atoms with E-state index in [1.54, 1.807) is 18.3 Å². The van der Waals surface area contributed by atoms with Crippen LogP contribution in [0.15, 0.2) is 58.7 Å². The molecule has 0 unspecified atom stereocenters. The molecule has 7 heteroatoms. The fourth-order valence-electron chi connectivity index (χ4n) is 2.91. The molecule has 0 aliphatic heterocycles. The van der Waals surface area contributed by atoms with Gasteiger partial charge in [-0.15, -0.1) is 0 Å². The maximum Gasteiger partial charge on any atom is 0.298 e. The van der Waals surface area contributed by atoms with Gasteiger partial charge < -0.3 is 9.72 Å². The lowest BCUT2D eigenvalue weighted by molar-refractivity contribution is 0.309. The van der Waals surface area contributed by atoms with Crippen molar-refractivity contribution in [2.24, 2.45) is 5.10 Å². The molecule has 0 amide bonds. The highest BCUT2D eigenvalue weighted by Crippen LogP contribution is 2.24. The quantitative estimate of drug-likeness (QED) is 0.384. The fraction of sp³-hybridized carbons (Fsp3) is 0.190. The number of aromatic nitrogens is 3. The summed E-state index contributed by atoms with van der Waals surface area (Å²) in [5.41, 5.74) is 2.38. The molecule has 0 saturated heterocycles. The van der Waals surface area contributed by atoms with E-state index in [2.05, 4.69) is 22.0 Å². The standard InChI is InChI=1S/C21H19ClN4O2/c1-2-3-10-28-16-7-4-14(5-8-16)12-24-26-13-23-19-17-11-15(22)6-9-18(17)25-20(19)21(26)27/h4-9,11-13,25H,2-3,10H2,1H3. The van der Waals surface area contributed by atoms with Gasteiger partial charge in [0.15, 0.2) is 0 Å². The zero-order valence-electron chi connectivity index (χ0n) is 15.4. The summed E-state index contributed by atoms with van der Waals surface area (Å²) in [6.45, 7) is 2.84. The lowest BCUT2D eigenvalue weighted by Crippen LogP contribution is -2.17. The molecular formula is C21H19ClN4O2. The van der Waals surface area contributed by atoms with Crippen molar-refractivity contribution in [2.45, 2.75) is 19.8 Å². The molecule has 0 aliphatic rings. The van der Waals surface area contributed by atoms with Crippen LogP contribution in [0, 0.1) is 0 Å². The minimum Gasteiger partial charge on any atom is -0.494 e. The normalized spacial score (nSPS) is 11.6. The van der Waals surface area contributed by atoms with E-state index < -0.39 is 0 Å². The number of unbranched alkanes of at least 4 members (excludes halogenated alkanes) is 1. The summed E-state index contributed by atoms with van der Waals surface area (Å²) in [4.78, 5) is 20.2. The Labute approximate surface area is 166 Å². The van der Waals surface area contributed by atoms with Gasteiger partial charge in [0, 0.05) is 15.9 Å². The van der Waals surface area contributed by atoms with Gasteiger partial charge in [-0.2, -0.15) is 9.78 Å². The molecule has 0 fully saturated rings. The summed E-state index contributed by atoms with van der Waals surface area (Å²) in [5.74, 6) is 0.822. The molecular weight excluding hydrogens is 376 g/mol. The lowest BCUT2D eigenvalue weighted by atomic mass is 10.2. The first-order chi connectivity index (χ1) is 13.7. The van der Waals surface area contributed by atoms with Gasteiger partial charge in [-0.3, -0.25) is 4.79 Å². The molecule has 0 aliphatic carbocycles. The van der Waals surface area contributed by atoms with Crippen molar-refractivity contribution in [1.29, 1.82) is 0 Å². The van der Waals surface area contributed by atoms with Crippen LogP contribution in [0.25, 0.3) is 21.9 Å². The van der Waals surface area contributed by atoms with Crippen LogP contribution >= 0.6 is 11.6 Å². The first-order valence-electron chi connectivity index (χ1n) is 9.11. The Bertz CT molecular complexity index is 1210. The van der Waals surface area contributed by atoms with Crippen LogP contribution in [0.1, 0.15) is 25.3 Å². The molecule has 0 bridgehead atoms. The highest BCUT2D eigenvalue weighted by Gasteiger charge is 2.10. The highest BCUT2D eigenvalue weighted by atomic mass is 35.5. The predicted octanol–water partition coefficient (Wildman–Crippen LogP) is 4.59. The lowest BCUT2D eigenvalue weighted by Gasteiger charge is -2.04. The van der Waals surface area contributed by atoms with E-state index in [-0.39, 0.29) is 5.56 Å². The maximum absolute atomic E-state index is 12.7. The predicted molar refractivity (Wildman–Crippen MR) is 113 cm³/mol. The minimum atomic E-state index is -0.270. The van der Waals surface area contributed by atoms with Crippen LogP contribution in [0.3, 0.4) is 0 Å². The summed E-state index contributed by atoms with van der Waals surface area (Å²) in [7, 11) is 0. The molecule has 4 aromatic rings. The third-order valence-corrected chi connectivity index (χ3v) is 4.66. The summed E-state index contributed by atoms with van der Waals surface area (Å²) < 4.78 is 6.86. The number of benzene rings is 2. The van der Waals surface area contributed by atoms with E-state index in [0.717, 1.165) is 35.1 Å². The molecule has 0 saturated carbocycles. The van der Waals surface area contributed by atoms with Crippen molar-refractivity contribution in [3.63, 3.8) is 0 Å². The average Bonchev–Trinajstić information content (AvgIpc) is 3.07. The molecule has 0 radical (unpaired) electrons. The van der Waals surface area contributed by atoms with Gasteiger partial charge in [-0.05, 0) is 54.4 Å². The maximum atomic E-state index is 12.7. The van der Waals surface area contributed by atoms with Crippen molar-refractivity contribution < 1.29 is 4.74 Å². The second kappa shape index (κ2) is 7.86. The van der Waals surface area contributed by atoms with Gasteiger partial charge in [0.05, 0.1) is 12.8 Å². The topological polar surface area (TPSA) is 72.3 Å². The van der Waals surface area contributed by atoms with Gasteiger partial charge in [0.2, 0.25) is 0 Å². The number of halogens is 1. The molecule has 0 atom stereocenters. The number of aromatic amines is 1. The Morgan fingerprint density at radius 3 is 2.86 bits per heavy atom. The Morgan fingerprint density at radius 1 is 1.25 bits per heavy atom. The number of rotatable bonds is 6. The van der Waals surface area contributed by atoms with E-state index >= 15 is 0 Å². The number of nitrogens with one attached hydrogen (secondary N) is 1. The molecule has 6 nitrogen and oxygen atoms in total. The smallest absolute Gasteiger partial charge is 0.298 e. The SMILES string of the molecule is CCCCOc1ccc(C=Nn2cnc3c([nH]c4ccc(Cl)cc43)c2=O)cc1. The monoisotopic (exact) mass is 394 g/mol. The Kier molecular flexibility index (Phi) is 5.12. The van der Waals surface area contributed by atoms with E-state index in [9.17, 15) is 4.79 Å². The van der Waals surface area contributed by atoms with E-state index in [0.29, 0.717) is 22.7 Å². The molecule has 2 aromatic heterocycles. The van der Waals surface area contributed by atoms with Gasteiger partial charge in [-0.1, -0.05) is 24.9 Å². The fourth-order valence-corrected chi connectivity index (χ4v) is 3.09. The van der Waals surface area contributed by atoms with Crippen LogP contribution < -0.4 is 10.3 Å². The van der Waals surface area contributed by atoms with Crippen LogP contribution in [0.4, 0.5) is 0 Å². The van der Waals surface area contributed by atoms with Crippen molar-refractivity contribution >= 4 is 39.8 Å². The van der Waals surface area contributed by atoms with E-state index in [1.165, 1.54) is 11.0 Å². The number of hydrogen-bond donors (Lipinski definition) is 1. The molecule has 0 spiro atoms. The third-order valence-electron chi connectivity index (χ3n) is 4.43. The summed E-state index contributed by atoms with van der Waals surface area (Å²) in [5, 5.41) is 5.66. The Hall–Kier alpha value is -3.12. The second-order valence-electron chi connectivity index (χ2n) is 6.45. The van der Waals surface area contributed by atoms with E-state index in [1.807, 2.05) is 30.3 Å². The first-order valence-corrected chi connectivity index (χ1v) is 9.49. The van der Waals surface area contributed by atoms with Crippen LogP contribution in [0.5, 0.6) is 5.75 Å². The van der Waals surface area contributed by atoms with Crippen LogP contribution in [0.2, 0.25) is 5.02 Å². The molecule has 142 valence electrons. The summed E-state index contributed by atoms with van der Waals surface area (Å²) in [6, 6.07) is 13.0. The second-order valence-corrected chi connectivity index (χ2v) is 6.88. The molecule has 28 heavy (non-hydrogen) atoms. The van der Waals surface area contributed by atoms with Crippen molar-refractivity contribution in [2.75, 3.05) is 6.61 Å². The van der Waals surface area contributed by atoms with Gasteiger partial charge >= 0.3 is 0 Å². The number of nitrogens with zero attached hydrogens (tertiary/aromatic N) is 3. The largest absolute Gasteiger partial charge is 0.494 e. The van der Waals surface area contributed by atoms with Gasteiger partial charge in [-0.25, -0.2) is 4.98 Å². The summed E-state index contributed by atoms with van der Waals surface area (Å²) in [6.07, 6.45) is 5.16. The number of H-pyrrole nitrogens is 1. The number of ether oxygens (including phenoxy) is 1. The van der Waals surface area contributed by atoms with Crippen molar-refractivity contribution in [1.82, 2.24) is 14.6 Å². The summed E-state index contributed by atoms with van der Waals surface area (Å²) >= 11 is 6.05. The zero-order chi connectivity index (χ0) is 19.5. The molecule has 2 heterocycles. The Balaban J connectivity index is 1.60. The zero-order valence-corrected chi connectivity index (χ0v) is 16.1. The molecule has 4 rings (SSSR count). The van der Waals surface area contributed by atoms with Crippen LogP contribution in [-0.2, 0) is 0 Å². The minimum absolute atomic E-state index is 0.270. The van der Waals surface area contributed by atoms with Gasteiger partial charge in [0.1, 0.15) is 23.1 Å². The number of fused-ring (bicyclic) bond motifs is 3. The third kappa shape index (κ3) is 3.64. The van der Waals surface area contributed by atoms with Crippen molar-refractivity contribution in [3.05, 3.63) is 69.7 Å². The van der Waals surface area contributed by atoms with E-state index in [4.69, 9.17) is 16.3 Å². The average molecular weight is 395 g/mol. The highest BCUT2D eigenvalue weighted by molar-refractivity contribution is 6.31. The molecule has 2 aromatic carbocycles. The Morgan fingerprint density at radius 2 is 2.07 bits per heavy atom.